The van der Waals surface area contributed by atoms with Gasteiger partial charge in [-0.1, -0.05) is 86.3 Å². The highest BCUT2D eigenvalue weighted by atomic mass is 16.5. The number of nitrogens with two attached hydrogens (primary N) is 1. The number of nitrogens with zero attached hydrogens (tertiary/aromatic N) is 5. The van der Waals surface area contributed by atoms with Gasteiger partial charge < -0.3 is 10.5 Å². The molecule has 1 aliphatic carbocycles. The third-order valence-electron chi connectivity index (χ3n) is 8.79. The minimum absolute atomic E-state index is 0.0604. The van der Waals surface area contributed by atoms with E-state index in [0.29, 0.717) is 24.1 Å². The van der Waals surface area contributed by atoms with E-state index >= 15 is 0 Å². The zero-order chi connectivity index (χ0) is 31.2. The summed E-state index contributed by atoms with van der Waals surface area (Å²) in [7, 11) is 0. The van der Waals surface area contributed by atoms with Crippen molar-refractivity contribution in [1.29, 1.82) is 0 Å². The number of hydrogen-bond acceptors (Lipinski definition) is 8. The first-order valence-electron chi connectivity index (χ1n) is 16.1. The Kier molecular flexibility index (Phi) is 9.66. The smallest absolute Gasteiger partial charge is 0.381 e. The number of H-pyrrole nitrogens is 1. The quantitative estimate of drug-likeness (QED) is 0.259. The van der Waals surface area contributed by atoms with E-state index in [1.165, 1.54) is 6.42 Å². The van der Waals surface area contributed by atoms with Gasteiger partial charge in [-0.2, -0.15) is 10.1 Å². The number of benzene rings is 2. The van der Waals surface area contributed by atoms with Gasteiger partial charge in [0.15, 0.2) is 5.82 Å². The van der Waals surface area contributed by atoms with Crippen LogP contribution < -0.4 is 17.0 Å². The molecule has 2 aromatic carbocycles. The van der Waals surface area contributed by atoms with Crippen LogP contribution in [0.4, 0.5) is 0 Å². The Morgan fingerprint density at radius 3 is 2.33 bits per heavy atom. The monoisotopic (exact) mass is 611 g/mol. The first-order chi connectivity index (χ1) is 22.0. The highest BCUT2D eigenvalue weighted by Gasteiger charge is 2.25. The van der Waals surface area contributed by atoms with E-state index in [4.69, 9.17) is 15.0 Å². The van der Waals surface area contributed by atoms with E-state index in [9.17, 15) is 9.59 Å². The molecule has 11 heteroatoms. The second-order valence-corrected chi connectivity index (χ2v) is 11.9. The van der Waals surface area contributed by atoms with E-state index in [2.05, 4.69) is 39.3 Å². The summed E-state index contributed by atoms with van der Waals surface area (Å²) in [5, 5.41) is 8.39. The largest absolute Gasteiger partial charge is 0.439 e. The lowest BCUT2D eigenvalue weighted by atomic mass is 9.94. The Morgan fingerprint density at radius 2 is 1.69 bits per heavy atom. The van der Waals surface area contributed by atoms with Gasteiger partial charge in [0.05, 0.1) is 5.69 Å². The van der Waals surface area contributed by atoms with Crippen molar-refractivity contribution in [2.75, 3.05) is 13.2 Å². The molecule has 0 radical (unpaired) electrons. The minimum Gasteiger partial charge on any atom is -0.381 e. The lowest BCUT2D eigenvalue weighted by Crippen LogP contribution is -2.33. The fraction of sp³-hybridized carbons (Fsp3) is 0.441. The zero-order valence-electron chi connectivity index (χ0n) is 25.8. The summed E-state index contributed by atoms with van der Waals surface area (Å²) in [6.07, 6.45) is 11.3. The molecule has 5 aromatic rings. The van der Waals surface area contributed by atoms with Gasteiger partial charge in [0.25, 0.3) is 5.56 Å². The van der Waals surface area contributed by atoms with E-state index < -0.39 is 5.76 Å². The van der Waals surface area contributed by atoms with Crippen molar-refractivity contribution in [3.8, 4) is 22.5 Å². The first-order valence-corrected chi connectivity index (χ1v) is 16.1. The van der Waals surface area contributed by atoms with Gasteiger partial charge >= 0.3 is 5.76 Å². The van der Waals surface area contributed by atoms with Crippen LogP contribution in [0, 0.1) is 0 Å². The van der Waals surface area contributed by atoms with Gasteiger partial charge in [-0.15, -0.1) is 0 Å². The molecule has 2 fully saturated rings. The molecule has 0 unspecified atom stereocenters. The maximum Gasteiger partial charge on any atom is 0.439 e. The molecule has 1 aliphatic heterocycles. The Labute approximate surface area is 261 Å². The number of fused-ring (bicyclic) bond motifs is 1. The average molecular weight is 612 g/mol. The molecule has 0 spiro atoms. The van der Waals surface area contributed by atoms with E-state index in [1.807, 2.05) is 45.5 Å². The van der Waals surface area contributed by atoms with Crippen LogP contribution in [0.3, 0.4) is 0 Å². The maximum absolute atomic E-state index is 14.0. The number of aromatic amines is 1. The second kappa shape index (κ2) is 14.2. The Bertz CT molecular complexity index is 1820. The van der Waals surface area contributed by atoms with E-state index in [0.717, 1.165) is 98.1 Å². The van der Waals surface area contributed by atoms with Gasteiger partial charge in [0.2, 0.25) is 5.78 Å². The molecule has 1 saturated carbocycles. The number of nitrogens with one attached hydrogen (secondary N) is 1. The van der Waals surface area contributed by atoms with Crippen molar-refractivity contribution in [3.63, 3.8) is 0 Å². The SMILES string of the molecule is CCCc1c(Cc2ccc(-c3ccccc3-c3noc(=O)[nH]3)cc2)c(=O)n(C2CCCCC2)c2ncnn12.NC1CCOCC1. The van der Waals surface area contributed by atoms with Crippen LogP contribution in [0.25, 0.3) is 28.3 Å². The van der Waals surface area contributed by atoms with Crippen molar-refractivity contribution < 1.29 is 9.26 Å². The fourth-order valence-electron chi connectivity index (χ4n) is 6.43. The Morgan fingerprint density at radius 1 is 0.956 bits per heavy atom. The number of hydrogen-bond donors (Lipinski definition) is 2. The zero-order valence-corrected chi connectivity index (χ0v) is 25.8. The third-order valence-corrected chi connectivity index (χ3v) is 8.79. The second-order valence-electron chi connectivity index (χ2n) is 11.9. The molecule has 0 bridgehead atoms. The van der Waals surface area contributed by atoms with Crippen molar-refractivity contribution in [2.45, 2.75) is 83.2 Å². The molecule has 0 amide bonds. The molecule has 1 saturated heterocycles. The standard InChI is InChI=1S/C29H30N6O3.C5H11NO/c1-2-8-25-24(27(36)34(21-9-4-3-5-10-21)28-30-18-31-35(25)28)17-19-13-15-20(16-14-19)22-11-6-7-12-23(22)26-32-29(37)38-33-26;6-5-1-3-7-4-2-5/h6-7,11-16,18,21H,2-5,8-10,17H2,1H3,(H,32,33,37);5H,1-4,6H2. The molecule has 4 heterocycles. The summed E-state index contributed by atoms with van der Waals surface area (Å²) in [5.41, 5.74) is 11.1. The molecule has 3 N–H and O–H groups in total. The lowest BCUT2D eigenvalue weighted by Gasteiger charge is -2.25. The fourth-order valence-corrected chi connectivity index (χ4v) is 6.43. The highest BCUT2D eigenvalue weighted by molar-refractivity contribution is 5.80. The molecule has 3 aromatic heterocycles. The van der Waals surface area contributed by atoms with Crippen LogP contribution in [0.5, 0.6) is 0 Å². The number of aryl methyl sites for hydroxylation is 1. The van der Waals surface area contributed by atoms with Crippen LogP contribution >= 0.6 is 0 Å². The summed E-state index contributed by atoms with van der Waals surface area (Å²) in [4.78, 5) is 32.6. The third kappa shape index (κ3) is 6.84. The van der Waals surface area contributed by atoms with Gasteiger partial charge in [-0.25, -0.2) is 9.31 Å². The van der Waals surface area contributed by atoms with Gasteiger partial charge in [-0.05, 0) is 48.8 Å². The maximum atomic E-state index is 14.0. The predicted octanol–water partition coefficient (Wildman–Crippen LogP) is 5.07. The molecule has 236 valence electrons. The number of rotatable bonds is 7. The van der Waals surface area contributed by atoms with Gasteiger partial charge in [-0.3, -0.25) is 18.9 Å². The van der Waals surface area contributed by atoms with Crippen LogP contribution in [-0.2, 0) is 17.6 Å². The molecular formula is C34H41N7O4. The van der Waals surface area contributed by atoms with Crippen LogP contribution in [0.15, 0.2) is 69.0 Å². The number of ether oxygens (including phenoxy) is 1. The molecule has 45 heavy (non-hydrogen) atoms. The van der Waals surface area contributed by atoms with Crippen molar-refractivity contribution in [3.05, 3.63) is 92.6 Å². The van der Waals surface area contributed by atoms with E-state index in [-0.39, 0.29) is 11.6 Å². The van der Waals surface area contributed by atoms with Crippen molar-refractivity contribution >= 4 is 5.78 Å². The van der Waals surface area contributed by atoms with Gasteiger partial charge in [0.1, 0.15) is 6.33 Å². The van der Waals surface area contributed by atoms with Gasteiger partial charge in [0, 0.05) is 42.8 Å². The van der Waals surface area contributed by atoms with Crippen molar-refractivity contribution in [2.24, 2.45) is 5.73 Å². The van der Waals surface area contributed by atoms with Crippen LogP contribution in [0.2, 0.25) is 0 Å². The predicted molar refractivity (Wildman–Crippen MR) is 172 cm³/mol. The summed E-state index contributed by atoms with van der Waals surface area (Å²) in [6, 6.07) is 16.5. The van der Waals surface area contributed by atoms with Crippen LogP contribution in [-0.4, -0.2) is 48.6 Å². The Hall–Kier alpha value is -4.35. The first kappa shape index (κ1) is 30.7. The molecule has 2 aliphatic rings. The summed E-state index contributed by atoms with van der Waals surface area (Å²) < 4.78 is 13.6. The molecule has 7 rings (SSSR count). The van der Waals surface area contributed by atoms with E-state index in [1.54, 1.807) is 6.33 Å². The minimum atomic E-state index is -0.587. The number of aromatic nitrogens is 6. The molecule has 0 atom stereocenters. The molecule has 11 nitrogen and oxygen atoms in total. The summed E-state index contributed by atoms with van der Waals surface area (Å²) in [6.45, 7) is 3.84. The average Bonchev–Trinajstić information content (AvgIpc) is 3.74. The summed E-state index contributed by atoms with van der Waals surface area (Å²) in [5.74, 6) is 0.464. The highest BCUT2D eigenvalue weighted by Crippen LogP contribution is 2.31. The summed E-state index contributed by atoms with van der Waals surface area (Å²) >= 11 is 0. The van der Waals surface area contributed by atoms with Crippen molar-refractivity contribution in [1.82, 2.24) is 29.3 Å². The Balaban J connectivity index is 0.000000452. The topological polar surface area (TPSA) is 146 Å². The van der Waals surface area contributed by atoms with Crippen LogP contribution in [0.1, 0.15) is 81.2 Å². The normalized spacial score (nSPS) is 16.0. The molecular weight excluding hydrogens is 570 g/mol. The lowest BCUT2D eigenvalue weighted by molar-refractivity contribution is 0.0866.